The summed E-state index contributed by atoms with van der Waals surface area (Å²) in [4.78, 5) is 22.7. The molecule has 0 aromatic rings. The average molecular weight is 214 g/mol. The summed E-state index contributed by atoms with van der Waals surface area (Å²) in [5.74, 6) is -1.37. The lowest BCUT2D eigenvalue weighted by atomic mass is 9.65. The molecule has 0 aromatic carbocycles. The molecule has 0 amide bonds. The molecule has 1 aliphatic carbocycles. The van der Waals surface area contributed by atoms with Crippen LogP contribution >= 0.6 is 11.8 Å². The van der Waals surface area contributed by atoms with Gasteiger partial charge in [0.2, 0.25) is 0 Å². The summed E-state index contributed by atoms with van der Waals surface area (Å²) in [6, 6.07) is 0. The fourth-order valence-electron chi connectivity index (χ4n) is 2.66. The van der Waals surface area contributed by atoms with Crippen LogP contribution in [0.15, 0.2) is 0 Å². The van der Waals surface area contributed by atoms with Crippen molar-refractivity contribution in [3.63, 3.8) is 0 Å². The molecule has 1 aliphatic heterocycles. The first-order valence-corrected chi connectivity index (χ1v) is 5.68. The van der Waals surface area contributed by atoms with Crippen LogP contribution in [0.2, 0.25) is 0 Å². The van der Waals surface area contributed by atoms with Gasteiger partial charge in [0.15, 0.2) is 0 Å². The number of thioether (sulfide) groups is 1. The number of fused-ring (bicyclic) bond motifs is 1. The van der Waals surface area contributed by atoms with Crippen LogP contribution in [0.3, 0.4) is 0 Å². The van der Waals surface area contributed by atoms with Crippen molar-refractivity contribution in [3.05, 3.63) is 0 Å². The van der Waals surface area contributed by atoms with Gasteiger partial charge in [-0.15, -0.1) is 11.8 Å². The second-order valence-electron chi connectivity index (χ2n) is 4.72. The van der Waals surface area contributed by atoms with Crippen LogP contribution in [0.1, 0.15) is 20.8 Å². The quantitative estimate of drug-likeness (QED) is 0.717. The third kappa shape index (κ3) is 1.06. The molecule has 3 nitrogen and oxygen atoms in total. The van der Waals surface area contributed by atoms with Crippen molar-refractivity contribution in [2.24, 2.45) is 17.8 Å². The van der Waals surface area contributed by atoms with Crippen molar-refractivity contribution >= 4 is 23.5 Å². The summed E-state index contributed by atoms with van der Waals surface area (Å²) >= 11 is 1.66. The molecule has 2 fully saturated rings. The highest BCUT2D eigenvalue weighted by Gasteiger charge is 2.64. The Morgan fingerprint density at radius 1 is 1.50 bits per heavy atom. The van der Waals surface area contributed by atoms with Crippen LogP contribution in [0.5, 0.6) is 0 Å². The molecule has 4 atom stereocenters. The van der Waals surface area contributed by atoms with Gasteiger partial charge < -0.3 is 5.11 Å². The van der Waals surface area contributed by atoms with Gasteiger partial charge in [-0.25, -0.2) is 0 Å². The molecular weight excluding hydrogens is 200 g/mol. The number of carbonyl (C=O) groups excluding carboxylic acids is 1. The van der Waals surface area contributed by atoms with Crippen LogP contribution in [-0.4, -0.2) is 26.9 Å². The van der Waals surface area contributed by atoms with Crippen LogP contribution in [0.4, 0.5) is 0 Å². The highest BCUT2D eigenvalue weighted by Crippen LogP contribution is 2.59. The van der Waals surface area contributed by atoms with E-state index in [0.29, 0.717) is 0 Å². The van der Waals surface area contributed by atoms with Gasteiger partial charge in [0.25, 0.3) is 0 Å². The molecule has 2 aliphatic rings. The molecule has 0 radical (unpaired) electrons. The Bertz CT molecular complexity index is 310. The van der Waals surface area contributed by atoms with Crippen molar-refractivity contribution in [3.8, 4) is 0 Å². The molecule has 4 heteroatoms. The number of hydrogen-bond acceptors (Lipinski definition) is 3. The molecule has 0 aromatic heterocycles. The van der Waals surface area contributed by atoms with E-state index >= 15 is 0 Å². The summed E-state index contributed by atoms with van der Waals surface area (Å²) in [5, 5.41) is 9.34. The molecule has 0 bridgehead atoms. The van der Waals surface area contributed by atoms with Crippen LogP contribution in [0, 0.1) is 17.8 Å². The Morgan fingerprint density at radius 2 is 2.07 bits per heavy atom. The number of Topliss-reactive ketones (excluding diaryl/α,β-unsaturated/α-hetero) is 1. The second kappa shape index (κ2) is 2.75. The Labute approximate surface area is 87.3 Å². The van der Waals surface area contributed by atoms with Gasteiger partial charge in [0.1, 0.15) is 5.78 Å². The Balaban J connectivity index is 2.32. The Hall–Kier alpha value is -0.510. The maximum Gasteiger partial charge on any atom is 0.308 e. The number of carbonyl (C=O) groups is 2. The van der Waals surface area contributed by atoms with Crippen molar-refractivity contribution < 1.29 is 14.7 Å². The highest BCUT2D eigenvalue weighted by molar-refractivity contribution is 8.01. The minimum absolute atomic E-state index is 0.0497. The van der Waals surface area contributed by atoms with E-state index in [4.69, 9.17) is 5.11 Å². The topological polar surface area (TPSA) is 54.4 Å². The highest BCUT2D eigenvalue weighted by atomic mass is 32.2. The van der Waals surface area contributed by atoms with E-state index in [9.17, 15) is 9.59 Å². The second-order valence-corrected chi connectivity index (χ2v) is 6.55. The predicted molar refractivity (Wildman–Crippen MR) is 54.2 cm³/mol. The SMILES string of the molecule is CC1C(=O)C2C1SC(C)(C)C2C(=O)O. The molecule has 0 spiro atoms. The number of rotatable bonds is 1. The van der Waals surface area contributed by atoms with Crippen molar-refractivity contribution in [2.45, 2.75) is 30.8 Å². The van der Waals surface area contributed by atoms with E-state index in [1.807, 2.05) is 20.8 Å². The summed E-state index contributed by atoms with van der Waals surface area (Å²) < 4.78 is -0.304. The Morgan fingerprint density at radius 3 is 2.57 bits per heavy atom. The lowest BCUT2D eigenvalue weighted by Crippen LogP contribution is -2.51. The van der Waals surface area contributed by atoms with Gasteiger partial charge >= 0.3 is 5.97 Å². The van der Waals surface area contributed by atoms with Crippen LogP contribution in [0.25, 0.3) is 0 Å². The zero-order chi connectivity index (χ0) is 10.7. The first-order chi connectivity index (χ1) is 6.36. The monoisotopic (exact) mass is 214 g/mol. The molecule has 2 rings (SSSR count). The van der Waals surface area contributed by atoms with Crippen LogP contribution < -0.4 is 0 Å². The van der Waals surface area contributed by atoms with Gasteiger partial charge in [-0.3, -0.25) is 9.59 Å². The van der Waals surface area contributed by atoms with E-state index in [1.165, 1.54) is 0 Å². The van der Waals surface area contributed by atoms with Gasteiger partial charge in [-0.1, -0.05) is 6.92 Å². The molecule has 78 valence electrons. The lowest BCUT2D eigenvalue weighted by Gasteiger charge is -2.36. The largest absolute Gasteiger partial charge is 0.481 e. The van der Waals surface area contributed by atoms with Gasteiger partial charge in [0.05, 0.1) is 5.92 Å². The summed E-state index contributed by atoms with van der Waals surface area (Å²) in [6.07, 6.45) is 0. The molecule has 1 N–H and O–H groups in total. The smallest absolute Gasteiger partial charge is 0.308 e. The average Bonchev–Trinajstić information content (AvgIpc) is 2.34. The number of carboxylic acids is 1. The third-order valence-corrected chi connectivity index (χ3v) is 5.27. The van der Waals surface area contributed by atoms with Crippen molar-refractivity contribution in [1.29, 1.82) is 0 Å². The molecule has 1 heterocycles. The Kier molecular flexibility index (Phi) is 1.97. The van der Waals surface area contributed by atoms with E-state index < -0.39 is 11.9 Å². The number of aliphatic carboxylic acids is 1. The zero-order valence-corrected chi connectivity index (χ0v) is 9.30. The summed E-state index contributed by atoms with van der Waals surface area (Å²) in [5.41, 5.74) is 0. The molecule has 1 saturated carbocycles. The first-order valence-electron chi connectivity index (χ1n) is 4.80. The number of hydrogen-bond donors (Lipinski definition) is 1. The van der Waals surface area contributed by atoms with E-state index in [-0.39, 0.29) is 27.6 Å². The van der Waals surface area contributed by atoms with Crippen molar-refractivity contribution in [2.75, 3.05) is 0 Å². The summed E-state index contributed by atoms with van der Waals surface area (Å²) in [7, 11) is 0. The van der Waals surface area contributed by atoms with E-state index in [1.54, 1.807) is 11.8 Å². The predicted octanol–water partition coefficient (Wildman–Crippen LogP) is 1.42. The van der Waals surface area contributed by atoms with Gasteiger partial charge in [-0.05, 0) is 13.8 Å². The standard InChI is InChI=1S/C10H14O3S/c1-4-7(11)5-6(9(12)13)10(2,3)14-8(4)5/h4-6,8H,1-3H3,(H,12,13). The minimum atomic E-state index is -0.824. The number of carboxylic acid groups (broad SMARTS) is 1. The lowest BCUT2D eigenvalue weighted by molar-refractivity contribution is -0.152. The molecule has 14 heavy (non-hydrogen) atoms. The normalized spacial score (nSPS) is 44.4. The molecule has 4 unspecified atom stereocenters. The van der Waals surface area contributed by atoms with Gasteiger partial charge in [0, 0.05) is 21.8 Å². The van der Waals surface area contributed by atoms with Crippen LogP contribution in [-0.2, 0) is 9.59 Å². The van der Waals surface area contributed by atoms with E-state index in [2.05, 4.69) is 0 Å². The minimum Gasteiger partial charge on any atom is -0.481 e. The maximum atomic E-state index is 11.6. The van der Waals surface area contributed by atoms with E-state index in [0.717, 1.165) is 0 Å². The first kappa shape index (κ1) is 10.0. The molecular formula is C10H14O3S. The van der Waals surface area contributed by atoms with Gasteiger partial charge in [-0.2, -0.15) is 0 Å². The fraction of sp³-hybridized carbons (Fsp3) is 0.800. The molecule has 1 saturated heterocycles. The number of ketones is 1. The third-order valence-electron chi connectivity index (χ3n) is 3.44. The maximum absolute atomic E-state index is 11.6. The zero-order valence-electron chi connectivity index (χ0n) is 8.48. The fourth-order valence-corrected chi connectivity index (χ4v) is 4.53. The van der Waals surface area contributed by atoms with Crippen molar-refractivity contribution in [1.82, 2.24) is 0 Å². The summed E-state index contributed by atoms with van der Waals surface area (Å²) in [6.45, 7) is 5.75.